The first-order chi connectivity index (χ1) is 11.1. The van der Waals surface area contributed by atoms with Crippen molar-refractivity contribution in [1.82, 2.24) is 34.6 Å². The van der Waals surface area contributed by atoms with Gasteiger partial charge in [-0.25, -0.2) is 0 Å². The highest BCUT2D eigenvalue weighted by molar-refractivity contribution is 9.10. The van der Waals surface area contributed by atoms with Crippen molar-refractivity contribution in [2.45, 2.75) is 19.9 Å². The van der Waals surface area contributed by atoms with Crippen LogP contribution in [0, 0.1) is 6.92 Å². The van der Waals surface area contributed by atoms with Gasteiger partial charge >= 0.3 is 0 Å². The predicted octanol–water partition coefficient (Wildman–Crippen LogP) is 3.12. The van der Waals surface area contributed by atoms with E-state index in [4.69, 9.17) is 0 Å². The first-order valence-corrected chi connectivity index (χ1v) is 8.58. The Bertz CT molecular complexity index is 952. The van der Waals surface area contributed by atoms with E-state index in [-0.39, 0.29) is 6.04 Å². The fourth-order valence-electron chi connectivity index (χ4n) is 2.25. The van der Waals surface area contributed by atoms with Crippen LogP contribution in [-0.2, 0) is 0 Å². The molecule has 0 saturated heterocycles. The van der Waals surface area contributed by atoms with Gasteiger partial charge in [-0.3, -0.25) is 9.67 Å². The largest absolute Gasteiger partial charge is 0.264 e. The highest BCUT2D eigenvalue weighted by Gasteiger charge is 2.19. The summed E-state index contributed by atoms with van der Waals surface area (Å²) in [7, 11) is 0. The Labute approximate surface area is 144 Å². The second kappa shape index (κ2) is 5.50. The fourth-order valence-corrected chi connectivity index (χ4v) is 3.42. The average Bonchev–Trinajstić information content (AvgIpc) is 3.22. The van der Waals surface area contributed by atoms with Gasteiger partial charge in [0, 0.05) is 24.2 Å². The van der Waals surface area contributed by atoms with Crippen molar-refractivity contribution in [3.05, 3.63) is 45.9 Å². The van der Waals surface area contributed by atoms with Crippen LogP contribution in [0.5, 0.6) is 0 Å². The van der Waals surface area contributed by atoms with Crippen molar-refractivity contribution in [2.75, 3.05) is 0 Å². The van der Waals surface area contributed by atoms with Crippen molar-refractivity contribution < 1.29 is 0 Å². The van der Waals surface area contributed by atoms with Gasteiger partial charge in [0.2, 0.25) is 4.96 Å². The number of fused-ring (bicyclic) bond motifs is 1. The summed E-state index contributed by atoms with van der Waals surface area (Å²) in [6.07, 6.45) is 5.45. The van der Waals surface area contributed by atoms with Crippen LogP contribution in [0.3, 0.4) is 0 Å². The van der Waals surface area contributed by atoms with Crippen LogP contribution >= 0.6 is 27.3 Å². The highest BCUT2D eigenvalue weighted by atomic mass is 79.9. The van der Waals surface area contributed by atoms with Gasteiger partial charge in [0.1, 0.15) is 11.0 Å². The maximum absolute atomic E-state index is 4.67. The summed E-state index contributed by atoms with van der Waals surface area (Å²) in [6, 6.07) is 3.84. The van der Waals surface area contributed by atoms with E-state index in [2.05, 4.69) is 48.2 Å². The molecule has 0 radical (unpaired) electrons. The van der Waals surface area contributed by atoms with Gasteiger partial charge in [-0.05, 0) is 41.9 Å². The van der Waals surface area contributed by atoms with Crippen LogP contribution in [0.1, 0.15) is 23.7 Å². The van der Waals surface area contributed by atoms with Crippen molar-refractivity contribution >= 4 is 32.2 Å². The lowest BCUT2D eigenvalue weighted by atomic mass is 10.3. The summed E-state index contributed by atoms with van der Waals surface area (Å²) < 4.78 is 4.65. The number of rotatable bonds is 3. The van der Waals surface area contributed by atoms with Gasteiger partial charge in [-0.2, -0.15) is 14.7 Å². The summed E-state index contributed by atoms with van der Waals surface area (Å²) in [5.41, 5.74) is 1.85. The third-order valence-corrected chi connectivity index (χ3v) is 5.38. The molecule has 116 valence electrons. The van der Waals surface area contributed by atoms with E-state index in [0.717, 1.165) is 25.7 Å². The maximum atomic E-state index is 4.67. The predicted molar refractivity (Wildman–Crippen MR) is 90.4 cm³/mol. The van der Waals surface area contributed by atoms with E-state index in [9.17, 15) is 0 Å². The minimum Gasteiger partial charge on any atom is -0.264 e. The first kappa shape index (κ1) is 14.5. The topological polar surface area (TPSA) is 73.8 Å². The zero-order chi connectivity index (χ0) is 16.0. The smallest absolute Gasteiger partial charge is 0.235 e. The molecule has 0 aliphatic carbocycles. The van der Waals surface area contributed by atoms with Crippen molar-refractivity contribution in [2.24, 2.45) is 0 Å². The summed E-state index contributed by atoms with van der Waals surface area (Å²) in [5.74, 6) is 0.695. The molecular formula is C14H12BrN7S. The average molecular weight is 390 g/mol. The molecule has 7 nitrogen and oxygen atoms in total. The zero-order valence-corrected chi connectivity index (χ0v) is 14.8. The molecule has 0 aliphatic rings. The maximum Gasteiger partial charge on any atom is 0.235 e. The van der Waals surface area contributed by atoms with E-state index < -0.39 is 0 Å². The molecule has 1 atom stereocenters. The molecule has 0 aromatic carbocycles. The third kappa shape index (κ3) is 2.45. The number of hydrogen-bond acceptors (Lipinski definition) is 6. The first-order valence-electron chi connectivity index (χ1n) is 6.97. The SMILES string of the molecule is Cc1nn([C@@H](C)c2nn3c(-c4cccnc4)nnc3s2)cc1Br. The molecular weight excluding hydrogens is 378 g/mol. The molecule has 0 N–H and O–H groups in total. The van der Waals surface area contributed by atoms with Crippen LogP contribution in [0.25, 0.3) is 16.3 Å². The Morgan fingerprint density at radius 2 is 2.13 bits per heavy atom. The van der Waals surface area contributed by atoms with Crippen LogP contribution in [0.15, 0.2) is 35.2 Å². The van der Waals surface area contributed by atoms with Crippen LogP contribution < -0.4 is 0 Å². The molecule has 4 aromatic heterocycles. The Morgan fingerprint density at radius 3 is 2.83 bits per heavy atom. The number of hydrogen-bond donors (Lipinski definition) is 0. The Balaban J connectivity index is 1.76. The number of nitrogens with zero attached hydrogens (tertiary/aromatic N) is 7. The third-order valence-electron chi connectivity index (χ3n) is 3.54. The number of pyridine rings is 1. The normalized spacial score (nSPS) is 12.8. The lowest BCUT2D eigenvalue weighted by Gasteiger charge is -2.07. The minimum absolute atomic E-state index is 0.0217. The number of aryl methyl sites for hydroxylation is 1. The molecule has 0 amide bonds. The van der Waals surface area contributed by atoms with E-state index in [1.54, 1.807) is 16.9 Å². The molecule has 0 bridgehead atoms. The van der Waals surface area contributed by atoms with Gasteiger partial charge in [-0.15, -0.1) is 10.2 Å². The van der Waals surface area contributed by atoms with E-state index in [0.29, 0.717) is 5.82 Å². The molecule has 23 heavy (non-hydrogen) atoms. The van der Waals surface area contributed by atoms with Gasteiger partial charge in [0.05, 0.1) is 10.2 Å². The van der Waals surface area contributed by atoms with Crippen molar-refractivity contribution in [3.8, 4) is 11.4 Å². The van der Waals surface area contributed by atoms with Crippen LogP contribution in [0.2, 0.25) is 0 Å². The summed E-state index contributed by atoms with van der Waals surface area (Å²) in [6.45, 7) is 4.03. The van der Waals surface area contributed by atoms with Crippen molar-refractivity contribution in [1.29, 1.82) is 0 Å². The summed E-state index contributed by atoms with van der Waals surface area (Å²) >= 11 is 5.00. The molecule has 0 unspecified atom stereocenters. The Morgan fingerprint density at radius 1 is 1.26 bits per heavy atom. The second-order valence-electron chi connectivity index (χ2n) is 5.12. The summed E-state index contributed by atoms with van der Waals surface area (Å²) in [5, 5.41) is 18.5. The molecule has 4 heterocycles. The molecule has 0 fully saturated rings. The standard InChI is InChI=1S/C14H12BrN7S/c1-8-11(15)7-21(19-8)9(2)13-20-22-12(17-18-14(22)23-13)10-4-3-5-16-6-10/h3-7,9H,1-2H3/t9-/m0/s1. The van der Waals surface area contributed by atoms with E-state index in [1.807, 2.05) is 29.9 Å². The molecule has 9 heteroatoms. The lowest BCUT2D eigenvalue weighted by molar-refractivity contribution is 0.551. The van der Waals surface area contributed by atoms with Gasteiger partial charge < -0.3 is 0 Å². The molecule has 4 rings (SSSR count). The van der Waals surface area contributed by atoms with Crippen molar-refractivity contribution in [3.63, 3.8) is 0 Å². The van der Waals surface area contributed by atoms with E-state index >= 15 is 0 Å². The monoisotopic (exact) mass is 389 g/mol. The van der Waals surface area contributed by atoms with Gasteiger partial charge in [0.15, 0.2) is 5.82 Å². The van der Waals surface area contributed by atoms with Gasteiger partial charge in [0.25, 0.3) is 0 Å². The number of halogens is 1. The molecule has 0 spiro atoms. The molecule has 4 aromatic rings. The highest BCUT2D eigenvalue weighted by Crippen LogP contribution is 2.27. The lowest BCUT2D eigenvalue weighted by Crippen LogP contribution is -2.08. The number of aromatic nitrogens is 7. The second-order valence-corrected chi connectivity index (χ2v) is 6.96. The quantitative estimate of drug-likeness (QED) is 0.538. The fraction of sp³-hybridized carbons (Fsp3) is 0.214. The summed E-state index contributed by atoms with van der Waals surface area (Å²) in [4.78, 5) is 4.88. The van der Waals surface area contributed by atoms with Crippen LogP contribution in [-0.4, -0.2) is 34.6 Å². The molecule has 0 saturated carbocycles. The van der Waals surface area contributed by atoms with Crippen LogP contribution in [0.4, 0.5) is 0 Å². The minimum atomic E-state index is 0.0217. The zero-order valence-electron chi connectivity index (χ0n) is 12.4. The van der Waals surface area contributed by atoms with E-state index in [1.165, 1.54) is 11.3 Å². The Kier molecular flexibility index (Phi) is 3.46. The molecule has 0 aliphatic heterocycles. The Hall–Kier alpha value is -2.13. The van der Waals surface area contributed by atoms with Gasteiger partial charge in [-0.1, -0.05) is 11.3 Å².